The lowest BCUT2D eigenvalue weighted by molar-refractivity contribution is -0.139. The van der Waals surface area contributed by atoms with Gasteiger partial charge >= 0.3 is 5.97 Å². The molecule has 0 aromatic carbocycles. The van der Waals surface area contributed by atoms with Crippen molar-refractivity contribution in [3.63, 3.8) is 0 Å². The smallest absolute Gasteiger partial charge is 0.320 e. The average molecular weight is 284 g/mol. The molecular formula is C15H28N2O3. The quantitative estimate of drug-likeness (QED) is 0.668. The molecule has 0 radical (unpaired) electrons. The van der Waals surface area contributed by atoms with Gasteiger partial charge in [-0.25, -0.2) is 0 Å². The van der Waals surface area contributed by atoms with Gasteiger partial charge in [-0.2, -0.15) is 0 Å². The molecule has 1 unspecified atom stereocenters. The minimum absolute atomic E-state index is 0.0853. The van der Waals surface area contributed by atoms with Crippen molar-refractivity contribution >= 4 is 11.9 Å². The van der Waals surface area contributed by atoms with Crippen LogP contribution in [0, 0.1) is 0 Å². The Hall–Kier alpha value is -1.10. The number of carboxylic acids is 1. The average Bonchev–Trinajstić information content (AvgIpc) is 2.37. The zero-order chi connectivity index (χ0) is 14.8. The van der Waals surface area contributed by atoms with Crippen LogP contribution in [-0.2, 0) is 9.59 Å². The normalized spacial score (nSPS) is 18.9. The molecule has 5 nitrogen and oxygen atoms in total. The minimum atomic E-state index is -0.884. The molecule has 0 heterocycles. The predicted molar refractivity (Wildman–Crippen MR) is 78.6 cm³/mol. The van der Waals surface area contributed by atoms with Crippen LogP contribution in [0.1, 0.15) is 64.7 Å². The summed E-state index contributed by atoms with van der Waals surface area (Å²) in [5.41, 5.74) is 0. The van der Waals surface area contributed by atoms with Crippen LogP contribution < -0.4 is 10.6 Å². The maximum atomic E-state index is 11.9. The van der Waals surface area contributed by atoms with E-state index in [1.165, 1.54) is 32.1 Å². The van der Waals surface area contributed by atoms with Gasteiger partial charge in [-0.1, -0.05) is 45.4 Å². The molecule has 1 fully saturated rings. The van der Waals surface area contributed by atoms with E-state index in [9.17, 15) is 9.59 Å². The van der Waals surface area contributed by atoms with Crippen molar-refractivity contribution in [2.24, 2.45) is 0 Å². The van der Waals surface area contributed by atoms with Crippen molar-refractivity contribution in [3.05, 3.63) is 0 Å². The van der Waals surface area contributed by atoms with E-state index in [0.717, 1.165) is 19.3 Å². The van der Waals surface area contributed by atoms with Crippen molar-refractivity contribution < 1.29 is 14.7 Å². The summed E-state index contributed by atoms with van der Waals surface area (Å²) in [5.74, 6) is -0.969. The monoisotopic (exact) mass is 284 g/mol. The molecule has 0 saturated heterocycles. The second-order valence-corrected chi connectivity index (χ2v) is 5.67. The second-order valence-electron chi connectivity index (χ2n) is 5.67. The molecule has 1 aliphatic rings. The molecule has 1 aliphatic carbocycles. The van der Waals surface area contributed by atoms with Crippen molar-refractivity contribution in [3.8, 4) is 0 Å². The van der Waals surface area contributed by atoms with E-state index < -0.39 is 12.0 Å². The first-order valence-electron chi connectivity index (χ1n) is 7.89. The largest absolute Gasteiger partial charge is 0.480 e. The van der Waals surface area contributed by atoms with E-state index in [1.807, 2.05) is 6.92 Å². The fourth-order valence-corrected chi connectivity index (χ4v) is 2.70. The SMILES string of the molecule is CCCC(NCC(=O)NC1CCCCCCC1)C(=O)O. The van der Waals surface area contributed by atoms with E-state index in [4.69, 9.17) is 5.11 Å². The molecule has 3 N–H and O–H groups in total. The van der Waals surface area contributed by atoms with Gasteiger partial charge in [-0.05, 0) is 19.3 Å². The Morgan fingerprint density at radius 3 is 2.30 bits per heavy atom. The highest BCUT2D eigenvalue weighted by atomic mass is 16.4. The molecule has 1 atom stereocenters. The van der Waals surface area contributed by atoms with Gasteiger partial charge in [0.15, 0.2) is 0 Å². The molecule has 0 aliphatic heterocycles. The molecule has 116 valence electrons. The molecule has 0 aromatic heterocycles. The summed E-state index contributed by atoms with van der Waals surface area (Å²) >= 11 is 0. The first-order valence-corrected chi connectivity index (χ1v) is 7.89. The fourth-order valence-electron chi connectivity index (χ4n) is 2.70. The second kappa shape index (κ2) is 9.75. The van der Waals surface area contributed by atoms with Gasteiger partial charge in [0.05, 0.1) is 6.54 Å². The van der Waals surface area contributed by atoms with E-state index in [0.29, 0.717) is 6.42 Å². The summed E-state index contributed by atoms with van der Waals surface area (Å²) in [4.78, 5) is 22.9. The van der Waals surface area contributed by atoms with Crippen molar-refractivity contribution in [1.29, 1.82) is 0 Å². The fraction of sp³-hybridized carbons (Fsp3) is 0.867. The molecule has 0 spiro atoms. The Labute approximate surface area is 121 Å². The van der Waals surface area contributed by atoms with E-state index in [2.05, 4.69) is 10.6 Å². The number of carbonyl (C=O) groups excluding carboxylic acids is 1. The predicted octanol–water partition coefficient (Wildman–Crippen LogP) is 2.06. The van der Waals surface area contributed by atoms with E-state index in [1.54, 1.807) is 0 Å². The summed E-state index contributed by atoms with van der Waals surface area (Å²) in [7, 11) is 0. The minimum Gasteiger partial charge on any atom is -0.480 e. The number of hydrogen-bond acceptors (Lipinski definition) is 3. The van der Waals surface area contributed by atoms with Crippen LogP contribution in [-0.4, -0.2) is 35.6 Å². The molecule has 1 amide bonds. The molecule has 5 heteroatoms. The molecule has 20 heavy (non-hydrogen) atoms. The van der Waals surface area contributed by atoms with Crippen LogP contribution in [0.3, 0.4) is 0 Å². The molecule has 1 rings (SSSR count). The van der Waals surface area contributed by atoms with Gasteiger partial charge in [0.2, 0.25) is 5.91 Å². The van der Waals surface area contributed by atoms with Gasteiger partial charge in [0.25, 0.3) is 0 Å². The maximum Gasteiger partial charge on any atom is 0.320 e. The third-order valence-electron chi connectivity index (χ3n) is 3.85. The van der Waals surface area contributed by atoms with E-state index >= 15 is 0 Å². The third-order valence-corrected chi connectivity index (χ3v) is 3.85. The maximum absolute atomic E-state index is 11.9. The van der Waals surface area contributed by atoms with Gasteiger partial charge in [0.1, 0.15) is 6.04 Å². The lowest BCUT2D eigenvalue weighted by atomic mass is 9.97. The third kappa shape index (κ3) is 6.89. The first kappa shape index (κ1) is 17.0. The Kier molecular flexibility index (Phi) is 8.26. The van der Waals surface area contributed by atoms with Crippen LogP contribution in [0.15, 0.2) is 0 Å². The van der Waals surface area contributed by atoms with Gasteiger partial charge in [-0.15, -0.1) is 0 Å². The van der Waals surface area contributed by atoms with Crippen LogP contribution in [0.4, 0.5) is 0 Å². The van der Waals surface area contributed by atoms with Crippen LogP contribution in [0.2, 0.25) is 0 Å². The van der Waals surface area contributed by atoms with Crippen LogP contribution >= 0.6 is 0 Å². The molecule has 1 saturated carbocycles. The number of hydrogen-bond donors (Lipinski definition) is 3. The number of carbonyl (C=O) groups is 2. The summed E-state index contributed by atoms with van der Waals surface area (Å²) in [6.45, 7) is 2.03. The van der Waals surface area contributed by atoms with Gasteiger partial charge in [-0.3, -0.25) is 14.9 Å². The molecule has 0 bridgehead atoms. The Morgan fingerprint density at radius 2 is 1.75 bits per heavy atom. The van der Waals surface area contributed by atoms with Gasteiger partial charge < -0.3 is 10.4 Å². The standard InChI is InChI=1S/C15H28N2O3/c1-2-8-13(15(19)20)16-11-14(18)17-12-9-6-4-3-5-7-10-12/h12-13,16H,2-11H2,1H3,(H,17,18)(H,19,20). The lowest BCUT2D eigenvalue weighted by Crippen LogP contribution is -2.45. The zero-order valence-electron chi connectivity index (χ0n) is 12.5. The number of carboxylic acid groups (broad SMARTS) is 1. The highest BCUT2D eigenvalue weighted by Gasteiger charge is 2.18. The molecule has 0 aromatic rings. The summed E-state index contributed by atoms with van der Waals surface area (Å²) in [6, 6.07) is -0.359. The van der Waals surface area contributed by atoms with Crippen molar-refractivity contribution in [2.75, 3.05) is 6.54 Å². The highest BCUT2D eigenvalue weighted by Crippen LogP contribution is 2.16. The summed E-state index contributed by atoms with van der Waals surface area (Å²) in [5, 5.41) is 14.9. The Bertz CT molecular complexity index is 299. The number of aliphatic carboxylic acids is 1. The molecular weight excluding hydrogens is 256 g/mol. The number of nitrogens with one attached hydrogen (secondary N) is 2. The van der Waals surface area contributed by atoms with Gasteiger partial charge in [0, 0.05) is 6.04 Å². The van der Waals surface area contributed by atoms with E-state index in [-0.39, 0.29) is 18.5 Å². The topological polar surface area (TPSA) is 78.4 Å². The van der Waals surface area contributed by atoms with Crippen LogP contribution in [0.25, 0.3) is 0 Å². The highest BCUT2D eigenvalue weighted by molar-refractivity contribution is 5.80. The summed E-state index contributed by atoms with van der Waals surface area (Å²) < 4.78 is 0. The summed E-state index contributed by atoms with van der Waals surface area (Å²) in [6.07, 6.45) is 9.58. The van der Waals surface area contributed by atoms with Crippen LogP contribution in [0.5, 0.6) is 0 Å². The number of rotatable bonds is 7. The lowest BCUT2D eigenvalue weighted by Gasteiger charge is -2.21. The Morgan fingerprint density at radius 1 is 1.15 bits per heavy atom. The first-order chi connectivity index (χ1) is 9.63. The zero-order valence-corrected chi connectivity index (χ0v) is 12.5. The van der Waals surface area contributed by atoms with Crippen molar-refractivity contribution in [2.45, 2.75) is 76.8 Å². The number of amides is 1. The van der Waals surface area contributed by atoms with Crippen molar-refractivity contribution in [1.82, 2.24) is 10.6 Å². The Balaban J connectivity index is 2.28.